The largest absolute Gasteiger partial charge is 0.375 e. The summed E-state index contributed by atoms with van der Waals surface area (Å²) in [5, 5.41) is 0. The highest BCUT2D eigenvalue weighted by atomic mass is 19.3. The first kappa shape index (κ1) is 13.2. The molecule has 0 radical (unpaired) electrons. The first-order valence-electron chi connectivity index (χ1n) is 6.95. The van der Waals surface area contributed by atoms with Crippen molar-refractivity contribution in [2.24, 2.45) is 5.92 Å². The minimum Gasteiger partial charge on any atom is -0.375 e. The molecular weight excluding hydrogens is 254 g/mol. The third-order valence-electron chi connectivity index (χ3n) is 4.61. The van der Waals surface area contributed by atoms with E-state index in [1.54, 1.807) is 4.90 Å². The van der Waals surface area contributed by atoms with Crippen LogP contribution >= 0.6 is 0 Å². The molecule has 6 heteroatoms. The smallest absolute Gasteiger partial charge is 0.249 e. The van der Waals surface area contributed by atoms with E-state index in [2.05, 4.69) is 4.90 Å². The molecule has 4 nitrogen and oxygen atoms in total. The van der Waals surface area contributed by atoms with Crippen molar-refractivity contribution in [3.05, 3.63) is 0 Å². The molecule has 0 bridgehead atoms. The van der Waals surface area contributed by atoms with E-state index in [0.29, 0.717) is 13.1 Å². The molecule has 0 aromatic rings. The van der Waals surface area contributed by atoms with Crippen molar-refractivity contribution in [1.82, 2.24) is 9.80 Å². The van der Waals surface area contributed by atoms with Crippen molar-refractivity contribution in [2.75, 3.05) is 33.3 Å². The number of morpholine rings is 1. The molecule has 0 aromatic carbocycles. The molecule has 0 spiro atoms. The zero-order chi connectivity index (χ0) is 13.6. The summed E-state index contributed by atoms with van der Waals surface area (Å²) in [7, 11) is 2.03. The number of hydrogen-bond acceptors (Lipinski definition) is 3. The van der Waals surface area contributed by atoms with Gasteiger partial charge in [0.15, 0.2) is 0 Å². The third kappa shape index (κ3) is 2.48. The number of rotatable bonds is 1. The average molecular weight is 274 g/mol. The maximum absolute atomic E-state index is 12.8. The van der Waals surface area contributed by atoms with E-state index in [9.17, 15) is 13.6 Å². The number of hydrogen-bond donors (Lipinski definition) is 0. The Morgan fingerprint density at radius 1 is 1.32 bits per heavy atom. The number of likely N-dealkylation sites (N-methyl/N-ethyl adjacent to an activating group) is 1. The Bertz CT molecular complexity index is 370. The first-order chi connectivity index (χ1) is 8.96. The van der Waals surface area contributed by atoms with Gasteiger partial charge in [0.1, 0.15) is 0 Å². The van der Waals surface area contributed by atoms with Crippen LogP contribution in [0.1, 0.15) is 19.3 Å². The molecule has 0 unspecified atom stereocenters. The summed E-state index contributed by atoms with van der Waals surface area (Å²) < 4.78 is 31.4. The number of nitrogens with zero attached hydrogens (tertiary/aromatic N) is 2. The van der Waals surface area contributed by atoms with Crippen molar-refractivity contribution < 1.29 is 18.3 Å². The van der Waals surface area contributed by atoms with Crippen LogP contribution in [0.25, 0.3) is 0 Å². The lowest BCUT2D eigenvalue weighted by molar-refractivity contribution is -0.166. The van der Waals surface area contributed by atoms with Gasteiger partial charge in [-0.2, -0.15) is 0 Å². The molecule has 2 atom stereocenters. The van der Waals surface area contributed by atoms with Crippen molar-refractivity contribution in [3.8, 4) is 0 Å². The Morgan fingerprint density at radius 3 is 2.74 bits per heavy atom. The van der Waals surface area contributed by atoms with Crippen LogP contribution in [0.5, 0.6) is 0 Å². The van der Waals surface area contributed by atoms with Gasteiger partial charge in [0, 0.05) is 38.4 Å². The maximum atomic E-state index is 12.8. The number of piperidine rings is 1. The van der Waals surface area contributed by atoms with Crippen molar-refractivity contribution in [1.29, 1.82) is 0 Å². The molecule has 1 saturated carbocycles. The summed E-state index contributed by atoms with van der Waals surface area (Å²) in [4.78, 5) is 16.2. The maximum Gasteiger partial charge on any atom is 0.249 e. The lowest BCUT2D eigenvalue weighted by atomic mass is 9.80. The highest BCUT2D eigenvalue weighted by Crippen LogP contribution is 2.43. The molecule has 1 aliphatic carbocycles. The number of halogens is 2. The molecule has 2 aliphatic heterocycles. The van der Waals surface area contributed by atoms with Gasteiger partial charge < -0.3 is 9.64 Å². The quantitative estimate of drug-likeness (QED) is 0.714. The van der Waals surface area contributed by atoms with Gasteiger partial charge in [-0.3, -0.25) is 9.69 Å². The molecule has 19 heavy (non-hydrogen) atoms. The summed E-state index contributed by atoms with van der Waals surface area (Å²) in [6.07, 6.45) is 0.445. The van der Waals surface area contributed by atoms with E-state index in [-0.39, 0.29) is 30.9 Å². The van der Waals surface area contributed by atoms with Crippen LogP contribution in [0.3, 0.4) is 0 Å². The van der Waals surface area contributed by atoms with Gasteiger partial charge in [-0.05, 0) is 13.5 Å². The number of carbonyl (C=O) groups is 1. The molecule has 3 fully saturated rings. The molecule has 3 aliphatic rings. The van der Waals surface area contributed by atoms with E-state index in [1.807, 2.05) is 7.05 Å². The Kier molecular flexibility index (Phi) is 3.25. The average Bonchev–Trinajstić information content (AvgIpc) is 2.35. The van der Waals surface area contributed by atoms with E-state index < -0.39 is 11.8 Å². The van der Waals surface area contributed by atoms with Crippen LogP contribution in [0.2, 0.25) is 0 Å². The molecule has 2 saturated heterocycles. The highest BCUT2D eigenvalue weighted by molar-refractivity contribution is 5.80. The van der Waals surface area contributed by atoms with Gasteiger partial charge in [-0.1, -0.05) is 0 Å². The Morgan fingerprint density at radius 2 is 2.05 bits per heavy atom. The Hall–Kier alpha value is -0.750. The molecule has 0 N–H and O–H groups in total. The number of likely N-dealkylation sites (tertiary alicyclic amines) is 1. The second-order valence-electron chi connectivity index (χ2n) is 5.99. The monoisotopic (exact) mass is 274 g/mol. The molecule has 2 heterocycles. The lowest BCUT2D eigenvalue weighted by Crippen LogP contribution is -2.61. The van der Waals surface area contributed by atoms with Crippen LogP contribution in [-0.4, -0.2) is 67.1 Å². The summed E-state index contributed by atoms with van der Waals surface area (Å²) in [5.74, 6) is -3.19. The van der Waals surface area contributed by atoms with E-state index in [1.165, 1.54) is 0 Å². The van der Waals surface area contributed by atoms with E-state index in [4.69, 9.17) is 4.74 Å². The fourth-order valence-corrected chi connectivity index (χ4v) is 3.34. The summed E-state index contributed by atoms with van der Waals surface area (Å²) in [6, 6.07) is 0.215. The van der Waals surface area contributed by atoms with Gasteiger partial charge >= 0.3 is 0 Å². The van der Waals surface area contributed by atoms with Crippen molar-refractivity contribution >= 4 is 5.91 Å². The van der Waals surface area contributed by atoms with Crippen LogP contribution in [0.4, 0.5) is 8.78 Å². The predicted octanol–water partition coefficient (Wildman–Crippen LogP) is 0.963. The topological polar surface area (TPSA) is 32.8 Å². The number of fused-ring (bicyclic) bond motifs is 1. The normalized spacial score (nSPS) is 35.6. The van der Waals surface area contributed by atoms with Crippen LogP contribution in [0.15, 0.2) is 0 Å². The third-order valence-corrected chi connectivity index (χ3v) is 4.61. The molecule has 3 rings (SSSR count). The molecule has 1 amide bonds. The minimum absolute atomic E-state index is 0.0941. The fraction of sp³-hybridized carbons (Fsp3) is 0.923. The summed E-state index contributed by atoms with van der Waals surface area (Å²) >= 11 is 0. The van der Waals surface area contributed by atoms with Gasteiger partial charge in [0.05, 0.1) is 18.8 Å². The molecular formula is C13H20F2N2O2. The van der Waals surface area contributed by atoms with Gasteiger partial charge in [-0.15, -0.1) is 0 Å². The highest BCUT2D eigenvalue weighted by Gasteiger charge is 2.50. The number of carbonyl (C=O) groups excluding carboxylic acids is 1. The van der Waals surface area contributed by atoms with Gasteiger partial charge in [-0.25, -0.2) is 8.78 Å². The zero-order valence-corrected chi connectivity index (χ0v) is 11.1. The van der Waals surface area contributed by atoms with E-state index in [0.717, 1.165) is 19.6 Å². The fourth-order valence-electron chi connectivity index (χ4n) is 3.34. The van der Waals surface area contributed by atoms with Crippen LogP contribution in [-0.2, 0) is 9.53 Å². The Balaban J connectivity index is 1.59. The zero-order valence-electron chi connectivity index (χ0n) is 11.1. The van der Waals surface area contributed by atoms with Crippen LogP contribution < -0.4 is 0 Å². The predicted molar refractivity (Wildman–Crippen MR) is 65.0 cm³/mol. The van der Waals surface area contributed by atoms with Crippen molar-refractivity contribution in [2.45, 2.75) is 37.3 Å². The van der Waals surface area contributed by atoms with Crippen LogP contribution in [0, 0.1) is 5.92 Å². The standard InChI is InChI=1S/C13H20F2N2O2/c1-16-4-5-19-11-2-3-17(8-10(11)16)12(18)9-6-13(14,15)7-9/h9-11H,2-8H2,1H3/t10-,11-/m0/s1. The minimum atomic E-state index is -2.62. The first-order valence-corrected chi connectivity index (χ1v) is 6.95. The Labute approximate surface area is 111 Å². The number of alkyl halides is 2. The van der Waals surface area contributed by atoms with Gasteiger partial charge in [0.25, 0.3) is 0 Å². The number of amides is 1. The molecule has 0 aromatic heterocycles. The second kappa shape index (κ2) is 4.66. The number of ether oxygens (including phenoxy) is 1. The second-order valence-corrected chi connectivity index (χ2v) is 5.99. The van der Waals surface area contributed by atoms with Crippen molar-refractivity contribution in [3.63, 3.8) is 0 Å². The lowest BCUT2D eigenvalue weighted by Gasteiger charge is -2.47. The molecule has 108 valence electrons. The van der Waals surface area contributed by atoms with Gasteiger partial charge in [0.2, 0.25) is 11.8 Å². The summed E-state index contributed by atoms with van der Waals surface area (Å²) in [6.45, 7) is 2.85. The van der Waals surface area contributed by atoms with E-state index >= 15 is 0 Å². The SMILES string of the molecule is CN1CCO[C@H]2CCN(C(=O)C3CC(F)(F)C3)C[C@@H]21. The summed E-state index contributed by atoms with van der Waals surface area (Å²) in [5.41, 5.74) is 0.